The highest BCUT2D eigenvalue weighted by Gasteiger charge is 2.31. The SMILES string of the molecule is O=C(CSc1ncnc2c1nnn2-c1ccccc1)Nc1ccc(OC(F)(F)F)cc1. The van der Waals surface area contributed by atoms with E-state index >= 15 is 0 Å². The fourth-order valence-corrected chi connectivity index (χ4v) is 3.38. The van der Waals surface area contributed by atoms with Crippen LogP contribution in [0.3, 0.4) is 0 Å². The minimum Gasteiger partial charge on any atom is -0.406 e. The number of hydrogen-bond acceptors (Lipinski definition) is 7. The van der Waals surface area contributed by atoms with E-state index in [-0.39, 0.29) is 17.4 Å². The molecule has 8 nitrogen and oxygen atoms in total. The molecule has 0 radical (unpaired) electrons. The summed E-state index contributed by atoms with van der Waals surface area (Å²) in [5.41, 5.74) is 2.08. The van der Waals surface area contributed by atoms with Gasteiger partial charge in [-0.25, -0.2) is 9.97 Å². The molecule has 158 valence electrons. The van der Waals surface area contributed by atoms with Crippen LogP contribution in [0.15, 0.2) is 66.0 Å². The molecule has 0 bridgehead atoms. The highest BCUT2D eigenvalue weighted by Crippen LogP contribution is 2.26. The van der Waals surface area contributed by atoms with Gasteiger partial charge in [-0.1, -0.05) is 35.2 Å². The van der Waals surface area contributed by atoms with Crippen LogP contribution >= 0.6 is 11.8 Å². The second-order valence-electron chi connectivity index (χ2n) is 6.10. The first-order chi connectivity index (χ1) is 14.9. The Bertz CT molecular complexity index is 1200. The number of amides is 1. The number of carbonyl (C=O) groups is 1. The fraction of sp³-hybridized carbons (Fsp3) is 0.105. The molecular formula is C19H13F3N6O2S. The molecule has 2 heterocycles. The van der Waals surface area contributed by atoms with Crippen molar-refractivity contribution in [3.8, 4) is 11.4 Å². The first-order valence-corrected chi connectivity index (χ1v) is 9.78. The van der Waals surface area contributed by atoms with Crippen molar-refractivity contribution in [1.29, 1.82) is 0 Å². The van der Waals surface area contributed by atoms with Crippen molar-refractivity contribution in [2.45, 2.75) is 11.4 Å². The Kier molecular flexibility index (Phi) is 5.71. The van der Waals surface area contributed by atoms with Gasteiger partial charge in [-0.05, 0) is 36.4 Å². The number of para-hydroxylation sites is 1. The molecule has 0 spiro atoms. The van der Waals surface area contributed by atoms with E-state index in [1.54, 1.807) is 4.68 Å². The van der Waals surface area contributed by atoms with Gasteiger partial charge < -0.3 is 10.1 Å². The smallest absolute Gasteiger partial charge is 0.406 e. The summed E-state index contributed by atoms with van der Waals surface area (Å²) in [7, 11) is 0. The van der Waals surface area contributed by atoms with Gasteiger partial charge in [-0.2, -0.15) is 4.68 Å². The first-order valence-electron chi connectivity index (χ1n) is 8.79. The van der Waals surface area contributed by atoms with Crippen LogP contribution in [-0.4, -0.2) is 43.0 Å². The van der Waals surface area contributed by atoms with Crippen LogP contribution in [0, 0.1) is 0 Å². The van der Waals surface area contributed by atoms with Crippen LogP contribution in [0.4, 0.5) is 18.9 Å². The minimum atomic E-state index is -4.77. The molecular weight excluding hydrogens is 433 g/mol. The lowest BCUT2D eigenvalue weighted by Gasteiger charge is -2.10. The average Bonchev–Trinajstić information content (AvgIpc) is 3.18. The molecule has 12 heteroatoms. The zero-order valence-electron chi connectivity index (χ0n) is 15.6. The number of nitrogens with zero attached hydrogens (tertiary/aromatic N) is 5. The number of aromatic nitrogens is 5. The number of carbonyl (C=O) groups excluding carboxylic acids is 1. The normalized spacial score (nSPS) is 11.5. The minimum absolute atomic E-state index is 0.00507. The maximum atomic E-state index is 12.2. The Labute approximate surface area is 177 Å². The largest absolute Gasteiger partial charge is 0.573 e. The molecule has 0 atom stereocenters. The van der Waals surface area contributed by atoms with E-state index in [0.29, 0.717) is 21.9 Å². The molecule has 1 amide bonds. The van der Waals surface area contributed by atoms with Gasteiger partial charge in [0.1, 0.15) is 17.1 Å². The number of alkyl halides is 3. The summed E-state index contributed by atoms with van der Waals surface area (Å²) in [5, 5.41) is 11.3. The van der Waals surface area contributed by atoms with Crippen LogP contribution in [-0.2, 0) is 4.79 Å². The third kappa shape index (κ3) is 5.09. The topological polar surface area (TPSA) is 94.8 Å². The van der Waals surface area contributed by atoms with Crippen molar-refractivity contribution in [3.05, 3.63) is 60.9 Å². The summed E-state index contributed by atoms with van der Waals surface area (Å²) in [6, 6.07) is 14.2. The number of benzene rings is 2. The summed E-state index contributed by atoms with van der Waals surface area (Å²) < 4.78 is 42.0. The number of halogens is 3. The third-order valence-electron chi connectivity index (χ3n) is 3.92. The lowest BCUT2D eigenvalue weighted by Crippen LogP contribution is -2.17. The molecule has 0 aliphatic rings. The van der Waals surface area contributed by atoms with Gasteiger partial charge in [-0.15, -0.1) is 18.3 Å². The Morgan fingerprint density at radius 3 is 2.52 bits per heavy atom. The van der Waals surface area contributed by atoms with Crippen molar-refractivity contribution in [2.75, 3.05) is 11.1 Å². The van der Waals surface area contributed by atoms with E-state index < -0.39 is 6.36 Å². The van der Waals surface area contributed by atoms with Crippen LogP contribution in [0.1, 0.15) is 0 Å². The first kappa shape index (κ1) is 20.6. The lowest BCUT2D eigenvalue weighted by atomic mass is 10.3. The fourth-order valence-electron chi connectivity index (χ4n) is 2.65. The van der Waals surface area contributed by atoms with Crippen LogP contribution in [0.25, 0.3) is 16.9 Å². The van der Waals surface area contributed by atoms with Crippen LogP contribution in [0.2, 0.25) is 0 Å². The van der Waals surface area contributed by atoms with Gasteiger partial charge in [-0.3, -0.25) is 4.79 Å². The van der Waals surface area contributed by atoms with Crippen molar-refractivity contribution < 1.29 is 22.7 Å². The molecule has 1 N–H and O–H groups in total. The highest BCUT2D eigenvalue weighted by molar-refractivity contribution is 8.00. The molecule has 4 rings (SSSR count). The number of ether oxygens (including phenoxy) is 1. The van der Waals surface area contributed by atoms with E-state index in [9.17, 15) is 18.0 Å². The van der Waals surface area contributed by atoms with Gasteiger partial charge in [0, 0.05) is 5.69 Å². The summed E-state index contributed by atoms with van der Waals surface area (Å²) in [6.45, 7) is 0. The van der Waals surface area contributed by atoms with E-state index in [4.69, 9.17) is 0 Å². The molecule has 2 aromatic heterocycles. The molecule has 31 heavy (non-hydrogen) atoms. The molecule has 4 aromatic rings. The molecule has 0 aliphatic heterocycles. The number of thioether (sulfide) groups is 1. The van der Waals surface area contributed by atoms with E-state index in [0.717, 1.165) is 29.6 Å². The van der Waals surface area contributed by atoms with Crippen LogP contribution in [0.5, 0.6) is 5.75 Å². The summed E-state index contributed by atoms with van der Waals surface area (Å²) >= 11 is 1.14. The average molecular weight is 446 g/mol. The van der Waals surface area contributed by atoms with E-state index in [2.05, 4.69) is 30.3 Å². The molecule has 0 fully saturated rings. The van der Waals surface area contributed by atoms with Gasteiger partial charge in [0.2, 0.25) is 5.91 Å². The Morgan fingerprint density at radius 2 is 1.81 bits per heavy atom. The molecule has 0 saturated heterocycles. The number of rotatable bonds is 6. The van der Waals surface area contributed by atoms with Crippen molar-refractivity contribution in [3.63, 3.8) is 0 Å². The van der Waals surface area contributed by atoms with Crippen molar-refractivity contribution >= 4 is 34.5 Å². The maximum Gasteiger partial charge on any atom is 0.573 e. The molecule has 0 saturated carbocycles. The summed E-state index contributed by atoms with van der Waals surface area (Å²) in [4.78, 5) is 20.6. The second-order valence-corrected chi connectivity index (χ2v) is 7.06. The highest BCUT2D eigenvalue weighted by atomic mass is 32.2. The predicted octanol–water partition coefficient (Wildman–Crippen LogP) is 3.84. The van der Waals surface area contributed by atoms with E-state index in [1.165, 1.54) is 18.5 Å². The summed E-state index contributed by atoms with van der Waals surface area (Å²) in [5.74, 6) is -0.730. The monoisotopic (exact) mass is 446 g/mol. The zero-order chi connectivity index (χ0) is 21.8. The number of fused-ring (bicyclic) bond motifs is 1. The van der Waals surface area contributed by atoms with Gasteiger partial charge >= 0.3 is 6.36 Å². The quantitative estimate of drug-likeness (QED) is 0.355. The van der Waals surface area contributed by atoms with Crippen molar-refractivity contribution in [2.24, 2.45) is 0 Å². The Balaban J connectivity index is 1.41. The lowest BCUT2D eigenvalue weighted by molar-refractivity contribution is -0.274. The van der Waals surface area contributed by atoms with Gasteiger partial charge in [0.25, 0.3) is 0 Å². The number of anilines is 1. The Morgan fingerprint density at radius 1 is 1.06 bits per heavy atom. The predicted molar refractivity (Wildman–Crippen MR) is 107 cm³/mol. The standard InChI is InChI=1S/C19H13F3N6O2S/c20-19(21,22)30-14-8-6-12(7-9-14)25-15(29)10-31-18-16-17(23-11-24-18)28(27-26-16)13-4-2-1-3-5-13/h1-9,11H,10H2,(H,25,29). The van der Waals surface area contributed by atoms with Gasteiger partial charge in [0.05, 0.1) is 11.4 Å². The second kappa shape index (κ2) is 8.60. The third-order valence-corrected chi connectivity index (χ3v) is 4.90. The van der Waals surface area contributed by atoms with Crippen molar-refractivity contribution in [1.82, 2.24) is 25.0 Å². The van der Waals surface area contributed by atoms with Crippen LogP contribution < -0.4 is 10.1 Å². The number of hydrogen-bond donors (Lipinski definition) is 1. The Hall–Kier alpha value is -3.67. The molecule has 0 unspecified atom stereocenters. The zero-order valence-corrected chi connectivity index (χ0v) is 16.4. The number of nitrogens with one attached hydrogen (secondary N) is 1. The molecule has 0 aliphatic carbocycles. The molecule has 2 aromatic carbocycles. The van der Waals surface area contributed by atoms with Gasteiger partial charge in [0.15, 0.2) is 11.2 Å². The maximum absolute atomic E-state index is 12.2. The van der Waals surface area contributed by atoms with E-state index in [1.807, 2.05) is 30.3 Å². The summed E-state index contributed by atoms with van der Waals surface area (Å²) in [6.07, 6.45) is -3.41.